The van der Waals surface area contributed by atoms with E-state index in [0.29, 0.717) is 6.47 Å². The average molecular weight is 391 g/mol. The van der Waals surface area contributed by atoms with Crippen LogP contribution in [0, 0.1) is 12.3 Å². The predicted molar refractivity (Wildman–Crippen MR) is 114 cm³/mol. The van der Waals surface area contributed by atoms with Crippen LogP contribution in [0.3, 0.4) is 0 Å². The van der Waals surface area contributed by atoms with E-state index in [-0.39, 0.29) is 5.60 Å². The van der Waals surface area contributed by atoms with E-state index in [9.17, 15) is 9.59 Å². The maximum Gasteiger partial charge on any atom is 0.309 e. The van der Waals surface area contributed by atoms with Crippen LogP contribution in [0.25, 0.3) is 0 Å². The summed E-state index contributed by atoms with van der Waals surface area (Å²) < 4.78 is 5.11. The van der Waals surface area contributed by atoms with Gasteiger partial charge in [-0.05, 0) is 96.3 Å². The van der Waals surface area contributed by atoms with Gasteiger partial charge >= 0.3 is 5.97 Å². The van der Waals surface area contributed by atoms with E-state index in [2.05, 4.69) is 25.1 Å². The number of ether oxygens (including phenoxy) is 1. The van der Waals surface area contributed by atoms with Gasteiger partial charge in [-0.25, -0.2) is 0 Å². The van der Waals surface area contributed by atoms with Crippen molar-refractivity contribution < 1.29 is 19.4 Å². The molecule has 1 aromatic rings. The molecule has 28 heavy (non-hydrogen) atoms. The van der Waals surface area contributed by atoms with E-state index < -0.39 is 11.4 Å². The monoisotopic (exact) mass is 390 g/mol. The Morgan fingerprint density at radius 1 is 1.00 bits per heavy atom. The number of carboxylic acid groups (broad SMARTS) is 1. The molecule has 0 spiro atoms. The van der Waals surface area contributed by atoms with Crippen molar-refractivity contribution in [3.63, 3.8) is 0 Å². The van der Waals surface area contributed by atoms with Gasteiger partial charge in [0, 0.05) is 0 Å². The largest absolute Gasteiger partial charge is 0.481 e. The lowest BCUT2D eigenvalue weighted by Gasteiger charge is -2.22. The van der Waals surface area contributed by atoms with Crippen LogP contribution in [0.5, 0.6) is 0 Å². The van der Waals surface area contributed by atoms with Gasteiger partial charge < -0.3 is 9.84 Å². The first-order chi connectivity index (χ1) is 13.1. The Hall–Kier alpha value is -1.84. The van der Waals surface area contributed by atoms with Gasteiger partial charge in [0.15, 0.2) is 0 Å². The lowest BCUT2D eigenvalue weighted by atomic mass is 9.87. The summed E-state index contributed by atoms with van der Waals surface area (Å²) in [7, 11) is 0. The molecule has 0 bridgehead atoms. The summed E-state index contributed by atoms with van der Waals surface area (Å²) >= 11 is 0. The first kappa shape index (κ1) is 24.2. The van der Waals surface area contributed by atoms with Crippen LogP contribution >= 0.6 is 0 Å². The van der Waals surface area contributed by atoms with Crippen molar-refractivity contribution in [2.45, 2.75) is 98.0 Å². The van der Waals surface area contributed by atoms with Gasteiger partial charge in [-0.3, -0.25) is 9.59 Å². The molecule has 0 aliphatic carbocycles. The van der Waals surface area contributed by atoms with Crippen molar-refractivity contribution in [3.05, 3.63) is 34.9 Å². The van der Waals surface area contributed by atoms with Crippen LogP contribution in [-0.4, -0.2) is 23.1 Å². The van der Waals surface area contributed by atoms with Crippen LogP contribution in [0.15, 0.2) is 18.2 Å². The van der Waals surface area contributed by atoms with E-state index in [1.807, 2.05) is 13.8 Å². The molecule has 0 aliphatic rings. The highest BCUT2D eigenvalue weighted by Crippen LogP contribution is 2.24. The van der Waals surface area contributed by atoms with Gasteiger partial charge in [-0.15, -0.1) is 0 Å². The second kappa shape index (κ2) is 11.2. The zero-order valence-electron chi connectivity index (χ0n) is 18.3. The zero-order valence-corrected chi connectivity index (χ0v) is 18.3. The summed E-state index contributed by atoms with van der Waals surface area (Å²) in [6.07, 6.45) is 8.91. The molecule has 1 rings (SSSR count). The Kier molecular flexibility index (Phi) is 9.71. The molecule has 0 atom stereocenters. The standard InChI is InChI=1S/C24H38O4/c1-19-13-14-20(11-7-6-9-15-23(2,3)22(26)27)17-21(19)12-8-10-16-24(4,5)28-18-25/h13-14,17-18H,6-12,15-16H2,1-5H3,(H,26,27). The number of rotatable bonds is 14. The molecule has 0 heterocycles. The molecular weight excluding hydrogens is 352 g/mol. The minimum atomic E-state index is -0.711. The lowest BCUT2D eigenvalue weighted by Crippen LogP contribution is -2.23. The van der Waals surface area contributed by atoms with Crippen LogP contribution in [0.2, 0.25) is 0 Å². The number of carboxylic acids is 1. The van der Waals surface area contributed by atoms with Gasteiger partial charge in [-0.2, -0.15) is 0 Å². The molecule has 0 amide bonds. The van der Waals surface area contributed by atoms with Crippen LogP contribution < -0.4 is 0 Å². The third-order valence-electron chi connectivity index (χ3n) is 5.60. The van der Waals surface area contributed by atoms with Gasteiger partial charge in [0.1, 0.15) is 5.60 Å². The van der Waals surface area contributed by atoms with E-state index >= 15 is 0 Å². The minimum absolute atomic E-state index is 0.381. The molecule has 0 aromatic heterocycles. The van der Waals surface area contributed by atoms with Crippen molar-refractivity contribution in [1.29, 1.82) is 0 Å². The van der Waals surface area contributed by atoms with E-state index in [1.54, 1.807) is 13.8 Å². The molecule has 158 valence electrons. The fraction of sp³-hybridized carbons (Fsp3) is 0.667. The summed E-state index contributed by atoms with van der Waals surface area (Å²) in [5, 5.41) is 9.17. The van der Waals surface area contributed by atoms with Gasteiger partial charge in [-0.1, -0.05) is 31.0 Å². The number of hydrogen-bond donors (Lipinski definition) is 1. The molecule has 4 heteroatoms. The molecule has 0 radical (unpaired) electrons. The molecule has 1 N–H and O–H groups in total. The highest BCUT2D eigenvalue weighted by Gasteiger charge is 2.25. The molecule has 4 nitrogen and oxygen atoms in total. The third-order valence-corrected chi connectivity index (χ3v) is 5.60. The minimum Gasteiger partial charge on any atom is -0.481 e. The summed E-state index contributed by atoms with van der Waals surface area (Å²) in [5.74, 6) is -0.711. The first-order valence-electron chi connectivity index (χ1n) is 10.5. The normalized spacial score (nSPS) is 12.0. The van der Waals surface area contributed by atoms with Gasteiger partial charge in [0.2, 0.25) is 0 Å². The molecule has 0 fully saturated rings. The molecular formula is C24H38O4. The van der Waals surface area contributed by atoms with Crippen molar-refractivity contribution in [1.82, 2.24) is 0 Å². The Bertz CT molecular complexity index is 631. The third kappa shape index (κ3) is 8.90. The fourth-order valence-electron chi connectivity index (χ4n) is 3.38. The van der Waals surface area contributed by atoms with Gasteiger partial charge in [0.25, 0.3) is 6.47 Å². The summed E-state index contributed by atoms with van der Waals surface area (Å²) in [6.45, 7) is 10.2. The average Bonchev–Trinajstić information content (AvgIpc) is 2.60. The van der Waals surface area contributed by atoms with E-state index in [0.717, 1.165) is 57.8 Å². The van der Waals surface area contributed by atoms with E-state index in [1.165, 1.54) is 16.7 Å². The summed E-state index contributed by atoms with van der Waals surface area (Å²) in [5.41, 5.74) is 3.09. The molecule has 0 unspecified atom stereocenters. The van der Waals surface area contributed by atoms with Crippen LogP contribution in [-0.2, 0) is 27.2 Å². The zero-order chi connectivity index (χ0) is 21.2. The number of carbonyl (C=O) groups excluding carboxylic acids is 1. The van der Waals surface area contributed by atoms with E-state index in [4.69, 9.17) is 9.84 Å². The fourth-order valence-corrected chi connectivity index (χ4v) is 3.38. The number of aliphatic carboxylic acids is 1. The van der Waals surface area contributed by atoms with Crippen LogP contribution in [0.4, 0.5) is 0 Å². The van der Waals surface area contributed by atoms with Crippen molar-refractivity contribution in [3.8, 4) is 0 Å². The Morgan fingerprint density at radius 3 is 2.29 bits per heavy atom. The summed E-state index contributed by atoms with van der Waals surface area (Å²) in [6, 6.07) is 6.74. The maximum absolute atomic E-state index is 11.1. The van der Waals surface area contributed by atoms with Crippen molar-refractivity contribution in [2.24, 2.45) is 5.41 Å². The number of carbonyl (C=O) groups is 2. The Labute approximate surface area is 170 Å². The number of benzene rings is 1. The second-order valence-electron chi connectivity index (χ2n) is 9.19. The second-order valence-corrected chi connectivity index (χ2v) is 9.19. The van der Waals surface area contributed by atoms with Crippen molar-refractivity contribution in [2.75, 3.05) is 0 Å². The highest BCUT2D eigenvalue weighted by atomic mass is 16.5. The quantitative estimate of drug-likeness (QED) is 0.318. The summed E-state index contributed by atoms with van der Waals surface area (Å²) in [4.78, 5) is 21.7. The smallest absolute Gasteiger partial charge is 0.309 e. The number of unbranched alkanes of at least 4 members (excludes halogenated alkanes) is 3. The molecule has 0 saturated heterocycles. The maximum atomic E-state index is 11.1. The number of aryl methyl sites for hydroxylation is 3. The molecule has 0 aliphatic heterocycles. The predicted octanol–water partition coefficient (Wildman–Crippen LogP) is 5.87. The Morgan fingerprint density at radius 2 is 1.64 bits per heavy atom. The van der Waals surface area contributed by atoms with Gasteiger partial charge in [0.05, 0.1) is 5.41 Å². The lowest BCUT2D eigenvalue weighted by molar-refractivity contribution is -0.147. The number of hydrogen-bond acceptors (Lipinski definition) is 3. The SMILES string of the molecule is Cc1ccc(CCCCCC(C)(C)C(=O)O)cc1CCCCC(C)(C)OC=O. The van der Waals surface area contributed by atoms with Crippen molar-refractivity contribution >= 4 is 12.4 Å². The van der Waals surface area contributed by atoms with Crippen LogP contribution in [0.1, 0.15) is 89.3 Å². The topological polar surface area (TPSA) is 63.6 Å². The highest BCUT2D eigenvalue weighted by molar-refractivity contribution is 5.73. The molecule has 1 aromatic carbocycles. The Balaban J connectivity index is 2.40. The molecule has 0 saturated carbocycles. The first-order valence-corrected chi connectivity index (χ1v) is 10.5.